The van der Waals surface area contributed by atoms with Crippen LogP contribution in [0, 0.1) is 25.7 Å². The van der Waals surface area contributed by atoms with Crippen LogP contribution in [0.2, 0.25) is 20.1 Å². The fraction of sp³-hybridized carbons (Fsp3) is 0.381. The van der Waals surface area contributed by atoms with Crippen molar-refractivity contribution in [1.82, 2.24) is 19.8 Å². The van der Waals surface area contributed by atoms with Crippen LogP contribution in [0.4, 0.5) is 0 Å². The van der Waals surface area contributed by atoms with Crippen LogP contribution in [-0.4, -0.2) is 65.7 Å². The summed E-state index contributed by atoms with van der Waals surface area (Å²) in [5.41, 5.74) is 18.1. The number of hydrogen-bond donors (Lipinski definition) is 4. The van der Waals surface area contributed by atoms with Crippen molar-refractivity contribution in [3.8, 4) is 22.3 Å². The number of rotatable bonds is 8. The van der Waals surface area contributed by atoms with E-state index < -0.39 is 0 Å². The monoisotopic (exact) mass is 866 g/mol. The summed E-state index contributed by atoms with van der Waals surface area (Å²) in [7, 11) is 0. The average molecular weight is 869 g/mol. The number of carbonyl (C=O) groups is 4. The second-order valence-corrected chi connectivity index (χ2v) is 16.9. The first-order valence-electron chi connectivity index (χ1n) is 19.0. The smallest absolute Gasteiger partial charge is 0.257 e. The summed E-state index contributed by atoms with van der Waals surface area (Å²) in [4.78, 5) is 63.3. The number of nitrogens with zero attached hydrogens (tertiary/aromatic N) is 4. The van der Waals surface area contributed by atoms with Gasteiger partial charge in [0, 0.05) is 76.9 Å². The Morgan fingerprint density at radius 2 is 1.03 bits per heavy atom. The maximum atomic E-state index is 13.5. The van der Waals surface area contributed by atoms with Gasteiger partial charge in [0.25, 0.3) is 11.8 Å². The van der Waals surface area contributed by atoms with Crippen LogP contribution in [0.5, 0.6) is 0 Å². The predicted octanol–water partition coefficient (Wildman–Crippen LogP) is 6.93. The topological polar surface area (TPSA) is 193 Å². The molecule has 6 N–H and O–H groups in total. The molecule has 4 atom stereocenters. The highest BCUT2D eigenvalue weighted by atomic mass is 35.5. The molecule has 0 radical (unpaired) electrons. The van der Waals surface area contributed by atoms with Crippen molar-refractivity contribution in [3.05, 3.63) is 102 Å². The van der Waals surface area contributed by atoms with Gasteiger partial charge < -0.3 is 31.5 Å². The third-order valence-corrected chi connectivity index (χ3v) is 13.1. The highest BCUT2D eigenvalue weighted by molar-refractivity contribution is 6.37. The molecule has 0 spiro atoms. The fourth-order valence-corrected chi connectivity index (χ4v) is 10.2. The van der Waals surface area contributed by atoms with Gasteiger partial charge in [-0.3, -0.25) is 29.1 Å². The van der Waals surface area contributed by atoms with Crippen molar-refractivity contribution in [1.29, 1.82) is 0 Å². The number of halogens is 4. The predicted molar refractivity (Wildman–Crippen MR) is 221 cm³/mol. The molecule has 0 saturated heterocycles. The van der Waals surface area contributed by atoms with E-state index >= 15 is 0 Å². The second-order valence-electron chi connectivity index (χ2n) is 15.2. The molecule has 12 nitrogen and oxygen atoms in total. The number of fused-ring (bicyclic) bond motifs is 2. The third-order valence-electron chi connectivity index (χ3n) is 12.0. The summed E-state index contributed by atoms with van der Waals surface area (Å²) >= 11 is 25.0. The van der Waals surface area contributed by atoms with E-state index in [0.717, 1.165) is 25.7 Å². The van der Waals surface area contributed by atoms with Crippen molar-refractivity contribution in [2.45, 2.75) is 90.8 Å². The minimum Gasteiger partial charge on any atom is -0.392 e. The van der Waals surface area contributed by atoms with Crippen LogP contribution >= 0.6 is 46.4 Å². The van der Waals surface area contributed by atoms with Crippen LogP contribution in [0.25, 0.3) is 22.3 Å². The highest BCUT2D eigenvalue weighted by Crippen LogP contribution is 2.44. The summed E-state index contributed by atoms with van der Waals surface area (Å²) in [6, 6.07) is 9.64. The van der Waals surface area contributed by atoms with Crippen LogP contribution in [0.3, 0.4) is 0 Å². The van der Waals surface area contributed by atoms with Crippen LogP contribution < -0.4 is 11.5 Å². The lowest BCUT2D eigenvalue weighted by Gasteiger charge is -2.27. The third kappa shape index (κ3) is 7.43. The lowest BCUT2D eigenvalue weighted by atomic mass is 9.93. The molecule has 0 bridgehead atoms. The zero-order chi connectivity index (χ0) is 41.7. The van der Waals surface area contributed by atoms with Gasteiger partial charge in [-0.1, -0.05) is 71.4 Å². The maximum absolute atomic E-state index is 13.5. The Morgan fingerprint density at radius 3 is 1.36 bits per heavy atom. The molecule has 2 saturated carbocycles. The molecule has 58 heavy (non-hydrogen) atoms. The molecule has 4 heterocycles. The number of hydrogen-bond acceptors (Lipinski definition) is 8. The Hall–Kier alpha value is -4.30. The molecule has 2 aliphatic heterocycles. The largest absolute Gasteiger partial charge is 0.392 e. The number of benzene rings is 2. The molecule has 2 aliphatic carbocycles. The Kier molecular flexibility index (Phi) is 12.1. The summed E-state index contributed by atoms with van der Waals surface area (Å²) in [5, 5.41) is 21.8. The van der Waals surface area contributed by atoms with E-state index in [1.54, 1.807) is 60.0 Å². The molecule has 4 aliphatic rings. The summed E-state index contributed by atoms with van der Waals surface area (Å²) in [6.45, 7) is 3.67. The number of aryl methyl sites for hydroxylation is 2. The van der Waals surface area contributed by atoms with E-state index in [4.69, 9.17) is 57.9 Å². The minimum atomic E-state index is -0.377. The summed E-state index contributed by atoms with van der Waals surface area (Å²) in [5.74, 6) is -1.87. The summed E-state index contributed by atoms with van der Waals surface area (Å²) < 4.78 is 0. The van der Waals surface area contributed by atoms with Crippen molar-refractivity contribution < 1.29 is 29.4 Å². The first-order chi connectivity index (χ1) is 27.7. The van der Waals surface area contributed by atoms with Gasteiger partial charge in [-0.05, 0) is 63.8 Å². The number of aromatic nitrogens is 2. The Bertz CT molecular complexity index is 2210. The van der Waals surface area contributed by atoms with E-state index in [9.17, 15) is 29.4 Å². The SMILES string of the molecule is Cc1nc2c(c(-c3ccc(Cl)cc3Cl)c1CO)C(=O)N(C1CCC[C@H]1C(N)=O)C2.Cc1nc2c(c(-c3ccc(Cl)cc3Cl)c1CO)C(=O)N(C1CCC[C@H]1C(N)=O)C2. The molecule has 2 aromatic carbocycles. The lowest BCUT2D eigenvalue weighted by Crippen LogP contribution is -2.42. The number of amides is 4. The molecule has 304 valence electrons. The standard InChI is InChI=1S/2C21H21Cl2N3O3/c2*1-10-14(9-27)18(12-6-5-11(22)7-15(12)23)19-16(25-10)8-26(21(19)29)17-4-2-3-13(17)20(24)28/h2*5-7,13,17,27H,2-4,8-9H2,1H3,(H2,24,28)/t2*13-,17?/m11/s1. The average Bonchev–Trinajstić information content (AvgIpc) is 3.97. The second kappa shape index (κ2) is 16.8. The summed E-state index contributed by atoms with van der Waals surface area (Å²) in [6.07, 6.45) is 4.53. The van der Waals surface area contributed by atoms with Gasteiger partial charge in [0.15, 0.2) is 0 Å². The Morgan fingerprint density at radius 1 is 0.655 bits per heavy atom. The Labute approximate surface area is 355 Å². The molecular weight excluding hydrogens is 826 g/mol. The van der Waals surface area contributed by atoms with Crippen molar-refractivity contribution >= 4 is 70.0 Å². The zero-order valence-electron chi connectivity index (χ0n) is 31.8. The van der Waals surface area contributed by atoms with E-state index in [0.29, 0.717) is 113 Å². The molecule has 2 fully saturated rings. The van der Waals surface area contributed by atoms with E-state index in [1.807, 2.05) is 0 Å². The highest BCUT2D eigenvalue weighted by Gasteiger charge is 2.45. The number of pyridine rings is 2. The van der Waals surface area contributed by atoms with Gasteiger partial charge in [0.2, 0.25) is 11.8 Å². The number of aliphatic hydroxyl groups excluding tert-OH is 2. The molecule has 2 unspecified atom stereocenters. The molecular formula is C42H42Cl4N6O6. The van der Waals surface area contributed by atoms with Crippen molar-refractivity contribution in [3.63, 3.8) is 0 Å². The number of primary amides is 2. The van der Waals surface area contributed by atoms with Gasteiger partial charge in [-0.15, -0.1) is 0 Å². The molecule has 2 aromatic heterocycles. The fourth-order valence-electron chi connectivity index (χ4n) is 9.24. The molecule has 8 rings (SSSR count). The Balaban J connectivity index is 0.000000177. The molecule has 4 amide bonds. The van der Waals surface area contributed by atoms with Gasteiger partial charge in [-0.2, -0.15) is 0 Å². The molecule has 16 heteroatoms. The quantitative estimate of drug-likeness (QED) is 0.146. The van der Waals surface area contributed by atoms with E-state index in [2.05, 4.69) is 9.97 Å². The lowest BCUT2D eigenvalue weighted by molar-refractivity contribution is -0.123. The van der Waals surface area contributed by atoms with Crippen LogP contribution in [0.1, 0.15) is 93.1 Å². The first-order valence-corrected chi connectivity index (χ1v) is 20.6. The van der Waals surface area contributed by atoms with E-state index in [1.165, 1.54) is 0 Å². The first kappa shape index (κ1) is 41.8. The van der Waals surface area contributed by atoms with Crippen molar-refractivity contribution in [2.24, 2.45) is 23.3 Å². The minimum absolute atomic E-state index is 0.207. The van der Waals surface area contributed by atoms with E-state index in [-0.39, 0.29) is 60.8 Å². The maximum Gasteiger partial charge on any atom is 0.257 e. The number of aliphatic hydroxyl groups is 2. The van der Waals surface area contributed by atoms with Gasteiger partial charge >= 0.3 is 0 Å². The number of carbonyl (C=O) groups excluding carboxylic acids is 4. The molecule has 4 aromatic rings. The van der Waals surface area contributed by atoms with Crippen LogP contribution in [0.15, 0.2) is 36.4 Å². The zero-order valence-corrected chi connectivity index (χ0v) is 34.9. The number of nitrogens with two attached hydrogens (primary N) is 2. The van der Waals surface area contributed by atoms with Crippen molar-refractivity contribution in [2.75, 3.05) is 0 Å². The van der Waals surface area contributed by atoms with Crippen LogP contribution in [-0.2, 0) is 35.9 Å². The van der Waals surface area contributed by atoms with Gasteiger partial charge in [0.1, 0.15) is 0 Å². The normalized spacial score (nSPS) is 21.0. The van der Waals surface area contributed by atoms with Gasteiger partial charge in [0.05, 0.1) is 60.7 Å². The van der Waals surface area contributed by atoms with Gasteiger partial charge in [-0.25, -0.2) is 0 Å².